The summed E-state index contributed by atoms with van der Waals surface area (Å²) in [6.45, 7) is 1.99. The average Bonchev–Trinajstić information content (AvgIpc) is 2.83. The van der Waals surface area contributed by atoms with Gasteiger partial charge in [-0.05, 0) is 37.3 Å². The van der Waals surface area contributed by atoms with Crippen molar-refractivity contribution in [2.45, 2.75) is 13.0 Å². The number of rotatable bonds is 3. The van der Waals surface area contributed by atoms with E-state index in [-0.39, 0.29) is 6.04 Å². The molecule has 0 spiro atoms. The second-order valence-corrected chi connectivity index (χ2v) is 4.60. The van der Waals surface area contributed by atoms with E-state index in [1.165, 1.54) is 0 Å². The molecule has 0 saturated carbocycles. The van der Waals surface area contributed by atoms with Gasteiger partial charge in [0.1, 0.15) is 11.8 Å². The smallest absolute Gasteiger partial charge is 0.125 e. The summed E-state index contributed by atoms with van der Waals surface area (Å²) in [6, 6.07) is 11.4. The van der Waals surface area contributed by atoms with E-state index in [4.69, 9.17) is 9.68 Å². The minimum absolute atomic E-state index is 0.0198. The summed E-state index contributed by atoms with van der Waals surface area (Å²) in [5.41, 5.74) is 1.41. The number of nitriles is 1. The summed E-state index contributed by atoms with van der Waals surface area (Å²) < 4.78 is 6.25. The lowest BCUT2D eigenvalue weighted by molar-refractivity contribution is 0.490. The number of halogens is 1. The summed E-state index contributed by atoms with van der Waals surface area (Å²) in [6.07, 6.45) is 1.64. The Bertz CT molecular complexity index is 543. The average molecular weight is 291 g/mol. The molecule has 0 amide bonds. The van der Waals surface area contributed by atoms with Crippen molar-refractivity contribution < 1.29 is 4.42 Å². The molecular formula is C13H11BrN2O. The van der Waals surface area contributed by atoms with Crippen LogP contribution >= 0.6 is 15.9 Å². The molecule has 4 heteroatoms. The highest BCUT2D eigenvalue weighted by Crippen LogP contribution is 2.25. The zero-order valence-electron chi connectivity index (χ0n) is 9.27. The Labute approximate surface area is 108 Å². The van der Waals surface area contributed by atoms with Crippen LogP contribution in [0.5, 0.6) is 0 Å². The first-order valence-corrected chi connectivity index (χ1v) is 5.99. The SMILES string of the molecule is CC(Nc1cc(Br)ccc1C#N)c1ccco1. The number of nitrogens with zero attached hydrogens (tertiary/aromatic N) is 1. The first-order valence-electron chi connectivity index (χ1n) is 5.20. The van der Waals surface area contributed by atoms with Crippen LogP contribution in [0.1, 0.15) is 24.3 Å². The molecular weight excluding hydrogens is 280 g/mol. The third kappa shape index (κ3) is 2.69. The molecule has 0 aliphatic rings. The summed E-state index contributed by atoms with van der Waals surface area (Å²) in [4.78, 5) is 0. The van der Waals surface area contributed by atoms with Gasteiger partial charge in [-0.3, -0.25) is 0 Å². The molecule has 0 bridgehead atoms. The van der Waals surface area contributed by atoms with Gasteiger partial charge < -0.3 is 9.73 Å². The molecule has 2 rings (SSSR count). The van der Waals surface area contributed by atoms with Crippen molar-refractivity contribution in [3.05, 3.63) is 52.4 Å². The van der Waals surface area contributed by atoms with E-state index < -0.39 is 0 Å². The predicted molar refractivity (Wildman–Crippen MR) is 69.6 cm³/mol. The highest BCUT2D eigenvalue weighted by molar-refractivity contribution is 9.10. The Morgan fingerprint density at radius 1 is 1.41 bits per heavy atom. The molecule has 3 nitrogen and oxygen atoms in total. The van der Waals surface area contributed by atoms with E-state index in [9.17, 15) is 0 Å². The van der Waals surface area contributed by atoms with Gasteiger partial charge in [-0.25, -0.2) is 0 Å². The molecule has 1 atom stereocenters. The Morgan fingerprint density at radius 2 is 2.24 bits per heavy atom. The molecule has 1 aromatic heterocycles. The van der Waals surface area contributed by atoms with Gasteiger partial charge in [0.25, 0.3) is 0 Å². The lowest BCUT2D eigenvalue weighted by Gasteiger charge is -2.14. The van der Waals surface area contributed by atoms with Gasteiger partial charge in [-0.2, -0.15) is 5.26 Å². The quantitative estimate of drug-likeness (QED) is 0.926. The molecule has 1 heterocycles. The third-order valence-electron chi connectivity index (χ3n) is 2.44. The van der Waals surface area contributed by atoms with Crippen LogP contribution in [0.25, 0.3) is 0 Å². The van der Waals surface area contributed by atoms with Gasteiger partial charge in [0.2, 0.25) is 0 Å². The van der Waals surface area contributed by atoms with Crippen molar-refractivity contribution in [1.29, 1.82) is 5.26 Å². The number of hydrogen-bond donors (Lipinski definition) is 1. The third-order valence-corrected chi connectivity index (χ3v) is 2.94. The van der Waals surface area contributed by atoms with Gasteiger partial charge >= 0.3 is 0 Å². The van der Waals surface area contributed by atoms with E-state index in [2.05, 4.69) is 27.3 Å². The summed E-state index contributed by atoms with van der Waals surface area (Å²) in [7, 11) is 0. The van der Waals surface area contributed by atoms with E-state index in [0.717, 1.165) is 15.9 Å². The Morgan fingerprint density at radius 3 is 2.88 bits per heavy atom. The fraction of sp³-hybridized carbons (Fsp3) is 0.154. The molecule has 0 radical (unpaired) electrons. The van der Waals surface area contributed by atoms with Crippen LogP contribution in [0.4, 0.5) is 5.69 Å². The monoisotopic (exact) mass is 290 g/mol. The lowest BCUT2D eigenvalue weighted by atomic mass is 10.1. The van der Waals surface area contributed by atoms with Gasteiger partial charge in [-0.1, -0.05) is 15.9 Å². The predicted octanol–water partition coefficient (Wildman–Crippen LogP) is 4.09. The van der Waals surface area contributed by atoms with Crippen molar-refractivity contribution in [2.75, 3.05) is 5.32 Å². The van der Waals surface area contributed by atoms with Crippen molar-refractivity contribution in [2.24, 2.45) is 0 Å². The number of hydrogen-bond acceptors (Lipinski definition) is 3. The highest BCUT2D eigenvalue weighted by atomic mass is 79.9. The largest absolute Gasteiger partial charge is 0.467 e. The second-order valence-electron chi connectivity index (χ2n) is 3.68. The van der Waals surface area contributed by atoms with Gasteiger partial charge in [-0.15, -0.1) is 0 Å². The number of furan rings is 1. The first kappa shape index (κ1) is 11.7. The topological polar surface area (TPSA) is 49.0 Å². The van der Waals surface area contributed by atoms with Gasteiger partial charge in [0, 0.05) is 4.47 Å². The van der Waals surface area contributed by atoms with Crippen LogP contribution in [-0.2, 0) is 0 Å². The molecule has 86 valence electrons. The van der Waals surface area contributed by atoms with E-state index >= 15 is 0 Å². The van der Waals surface area contributed by atoms with Crippen molar-refractivity contribution >= 4 is 21.6 Å². The van der Waals surface area contributed by atoms with Crippen LogP contribution in [0, 0.1) is 11.3 Å². The maximum absolute atomic E-state index is 9.02. The zero-order chi connectivity index (χ0) is 12.3. The Kier molecular flexibility index (Phi) is 3.50. The van der Waals surface area contributed by atoms with Gasteiger partial charge in [0.05, 0.1) is 23.6 Å². The number of benzene rings is 1. The minimum atomic E-state index is 0.0198. The molecule has 1 N–H and O–H groups in total. The van der Waals surface area contributed by atoms with Crippen LogP contribution < -0.4 is 5.32 Å². The van der Waals surface area contributed by atoms with Crippen LogP contribution in [0.2, 0.25) is 0 Å². The second kappa shape index (κ2) is 5.07. The number of nitrogens with one attached hydrogen (secondary N) is 1. The number of anilines is 1. The highest BCUT2D eigenvalue weighted by Gasteiger charge is 2.10. The fourth-order valence-electron chi connectivity index (χ4n) is 1.58. The van der Waals surface area contributed by atoms with Gasteiger partial charge in [0.15, 0.2) is 0 Å². The van der Waals surface area contributed by atoms with Crippen molar-refractivity contribution in [1.82, 2.24) is 0 Å². The van der Waals surface area contributed by atoms with Crippen LogP contribution in [0.3, 0.4) is 0 Å². The van der Waals surface area contributed by atoms with E-state index in [0.29, 0.717) is 5.56 Å². The zero-order valence-corrected chi connectivity index (χ0v) is 10.9. The molecule has 0 aliphatic heterocycles. The van der Waals surface area contributed by atoms with E-state index in [1.54, 1.807) is 12.3 Å². The van der Waals surface area contributed by atoms with Crippen molar-refractivity contribution in [3.63, 3.8) is 0 Å². The van der Waals surface area contributed by atoms with Crippen molar-refractivity contribution in [3.8, 4) is 6.07 Å². The standard InChI is InChI=1S/C13H11BrN2O/c1-9(13-3-2-6-17-13)16-12-7-11(14)5-4-10(12)8-15/h2-7,9,16H,1H3. The lowest BCUT2D eigenvalue weighted by Crippen LogP contribution is -2.06. The van der Waals surface area contributed by atoms with E-state index in [1.807, 2.05) is 31.2 Å². The van der Waals surface area contributed by atoms with Crippen LogP contribution in [0.15, 0.2) is 45.5 Å². The first-order chi connectivity index (χ1) is 8.20. The molecule has 17 heavy (non-hydrogen) atoms. The Balaban J connectivity index is 2.24. The maximum atomic E-state index is 9.02. The molecule has 2 aromatic rings. The normalized spacial score (nSPS) is 11.8. The molecule has 0 aliphatic carbocycles. The summed E-state index contributed by atoms with van der Waals surface area (Å²) in [5, 5.41) is 12.3. The van der Waals surface area contributed by atoms with Crippen LogP contribution in [-0.4, -0.2) is 0 Å². The minimum Gasteiger partial charge on any atom is -0.467 e. The summed E-state index contributed by atoms with van der Waals surface area (Å²) >= 11 is 3.39. The maximum Gasteiger partial charge on any atom is 0.125 e. The Hall–Kier alpha value is -1.73. The summed E-state index contributed by atoms with van der Waals surface area (Å²) in [5.74, 6) is 0.842. The fourth-order valence-corrected chi connectivity index (χ4v) is 1.94. The molecule has 1 aromatic carbocycles. The molecule has 1 unspecified atom stereocenters. The molecule has 0 fully saturated rings. The molecule has 0 saturated heterocycles.